The van der Waals surface area contributed by atoms with Gasteiger partial charge in [-0.3, -0.25) is 0 Å². The van der Waals surface area contributed by atoms with E-state index in [0.717, 1.165) is 10.9 Å². The van der Waals surface area contributed by atoms with Crippen LogP contribution < -0.4 is 0 Å². The van der Waals surface area contributed by atoms with Gasteiger partial charge in [0.15, 0.2) is 0 Å². The molecule has 0 aromatic heterocycles. The molecule has 0 N–H and O–H groups in total. The third-order valence-electron chi connectivity index (χ3n) is 2.54. The van der Waals surface area contributed by atoms with E-state index in [9.17, 15) is 4.79 Å². The van der Waals surface area contributed by atoms with Gasteiger partial charge in [-0.15, -0.1) is 0 Å². The Morgan fingerprint density at radius 3 is 2.65 bits per heavy atom. The number of benzene rings is 1. The summed E-state index contributed by atoms with van der Waals surface area (Å²) in [4.78, 5) is 11.1. The molecule has 1 aromatic rings. The third kappa shape index (κ3) is 4.35. The molecule has 3 heteroatoms. The number of hydrogen-bond donors (Lipinski definition) is 0. The van der Waals surface area contributed by atoms with Crippen molar-refractivity contribution in [3.05, 3.63) is 45.4 Å². The Morgan fingerprint density at radius 2 is 2.00 bits per heavy atom. The van der Waals surface area contributed by atoms with E-state index in [1.807, 2.05) is 6.08 Å². The molecule has 92 valence electrons. The zero-order valence-electron chi connectivity index (χ0n) is 10.4. The molecule has 0 atom stereocenters. The Morgan fingerprint density at radius 1 is 1.35 bits per heavy atom. The van der Waals surface area contributed by atoms with Crippen molar-refractivity contribution in [2.75, 3.05) is 6.61 Å². The maximum atomic E-state index is 11.1. The molecule has 0 fully saturated rings. The second kappa shape index (κ2) is 6.60. The maximum absolute atomic E-state index is 11.1. The quantitative estimate of drug-likeness (QED) is 0.625. The van der Waals surface area contributed by atoms with Gasteiger partial charge in [0.2, 0.25) is 0 Å². The highest BCUT2D eigenvalue weighted by molar-refractivity contribution is 9.10. The van der Waals surface area contributed by atoms with E-state index < -0.39 is 0 Å². The van der Waals surface area contributed by atoms with Gasteiger partial charge in [-0.25, -0.2) is 4.79 Å². The van der Waals surface area contributed by atoms with E-state index >= 15 is 0 Å². The lowest BCUT2D eigenvalue weighted by Crippen LogP contribution is -1.99. The Kier molecular flexibility index (Phi) is 5.42. The van der Waals surface area contributed by atoms with Crippen molar-refractivity contribution < 1.29 is 9.53 Å². The average molecular weight is 297 g/mol. The van der Waals surface area contributed by atoms with Crippen molar-refractivity contribution >= 4 is 21.9 Å². The molecule has 0 aliphatic heterocycles. The summed E-state index contributed by atoms with van der Waals surface area (Å²) in [6.45, 7) is 6.38. The van der Waals surface area contributed by atoms with E-state index in [1.165, 1.54) is 22.8 Å². The first kappa shape index (κ1) is 14.0. The van der Waals surface area contributed by atoms with Crippen LogP contribution in [-0.2, 0) is 16.0 Å². The fourth-order valence-corrected chi connectivity index (χ4v) is 2.09. The SMILES string of the molecule is CCOC(=O)/C=C/Cc1cc(C)c(C)cc1Br. The summed E-state index contributed by atoms with van der Waals surface area (Å²) < 4.78 is 5.89. The van der Waals surface area contributed by atoms with Gasteiger partial charge < -0.3 is 4.74 Å². The molecule has 0 unspecified atom stereocenters. The molecule has 0 radical (unpaired) electrons. The topological polar surface area (TPSA) is 26.3 Å². The van der Waals surface area contributed by atoms with Gasteiger partial charge in [-0.1, -0.05) is 28.1 Å². The number of rotatable bonds is 4. The number of carbonyl (C=O) groups excluding carboxylic acids is 1. The van der Waals surface area contributed by atoms with Crippen LogP contribution in [0.2, 0.25) is 0 Å². The lowest BCUT2D eigenvalue weighted by molar-refractivity contribution is -0.137. The van der Waals surface area contributed by atoms with Gasteiger partial charge in [0.25, 0.3) is 0 Å². The normalized spacial score (nSPS) is 10.8. The van der Waals surface area contributed by atoms with E-state index in [2.05, 4.69) is 41.9 Å². The Bertz CT molecular complexity index is 436. The number of ether oxygens (including phenoxy) is 1. The van der Waals surface area contributed by atoms with Crippen LogP contribution in [0.1, 0.15) is 23.6 Å². The van der Waals surface area contributed by atoms with Gasteiger partial charge in [-0.2, -0.15) is 0 Å². The van der Waals surface area contributed by atoms with Crippen molar-refractivity contribution in [3.8, 4) is 0 Å². The predicted octanol–water partition coefficient (Wildman–Crippen LogP) is 3.73. The highest BCUT2D eigenvalue weighted by atomic mass is 79.9. The van der Waals surface area contributed by atoms with Crippen LogP contribution in [0, 0.1) is 13.8 Å². The van der Waals surface area contributed by atoms with Crippen LogP contribution in [0.15, 0.2) is 28.8 Å². The Balaban J connectivity index is 2.69. The number of esters is 1. The summed E-state index contributed by atoms with van der Waals surface area (Å²) in [7, 11) is 0. The number of carbonyl (C=O) groups is 1. The molecule has 0 saturated carbocycles. The molecule has 1 aromatic carbocycles. The highest BCUT2D eigenvalue weighted by Crippen LogP contribution is 2.22. The lowest BCUT2D eigenvalue weighted by Gasteiger charge is -2.06. The van der Waals surface area contributed by atoms with E-state index in [0.29, 0.717) is 6.61 Å². The van der Waals surface area contributed by atoms with E-state index in [4.69, 9.17) is 4.74 Å². The first-order valence-electron chi connectivity index (χ1n) is 5.63. The molecule has 0 saturated heterocycles. The average Bonchev–Trinajstić information content (AvgIpc) is 2.26. The molecular formula is C14H17BrO2. The number of halogens is 1. The maximum Gasteiger partial charge on any atom is 0.330 e. The van der Waals surface area contributed by atoms with Crippen molar-refractivity contribution in [2.45, 2.75) is 27.2 Å². The molecule has 0 aliphatic carbocycles. The van der Waals surface area contributed by atoms with Crippen LogP contribution in [0.25, 0.3) is 0 Å². The second-order valence-electron chi connectivity index (χ2n) is 3.89. The van der Waals surface area contributed by atoms with Gasteiger partial charge >= 0.3 is 5.97 Å². The van der Waals surface area contributed by atoms with Crippen molar-refractivity contribution in [2.24, 2.45) is 0 Å². The zero-order chi connectivity index (χ0) is 12.8. The Labute approximate surface area is 111 Å². The van der Waals surface area contributed by atoms with Crippen LogP contribution in [-0.4, -0.2) is 12.6 Å². The summed E-state index contributed by atoms with van der Waals surface area (Å²) in [6.07, 6.45) is 4.03. The summed E-state index contributed by atoms with van der Waals surface area (Å²) in [5, 5.41) is 0. The fourth-order valence-electron chi connectivity index (χ4n) is 1.47. The van der Waals surface area contributed by atoms with Crippen molar-refractivity contribution in [1.29, 1.82) is 0 Å². The molecule has 0 aliphatic rings. The minimum atomic E-state index is -0.285. The van der Waals surface area contributed by atoms with E-state index in [-0.39, 0.29) is 5.97 Å². The third-order valence-corrected chi connectivity index (χ3v) is 3.28. The molecular weight excluding hydrogens is 280 g/mol. The van der Waals surface area contributed by atoms with E-state index in [1.54, 1.807) is 6.92 Å². The minimum Gasteiger partial charge on any atom is -0.463 e. The zero-order valence-corrected chi connectivity index (χ0v) is 12.0. The van der Waals surface area contributed by atoms with Crippen LogP contribution in [0.4, 0.5) is 0 Å². The first-order chi connectivity index (χ1) is 8.04. The predicted molar refractivity (Wildman–Crippen MR) is 73.1 cm³/mol. The molecule has 0 bridgehead atoms. The first-order valence-corrected chi connectivity index (χ1v) is 6.42. The van der Waals surface area contributed by atoms with Crippen LogP contribution in [0.3, 0.4) is 0 Å². The van der Waals surface area contributed by atoms with Gasteiger partial charge in [0.05, 0.1) is 6.61 Å². The molecule has 2 nitrogen and oxygen atoms in total. The smallest absolute Gasteiger partial charge is 0.330 e. The molecule has 0 amide bonds. The number of allylic oxidation sites excluding steroid dienone is 1. The standard InChI is InChI=1S/C14H17BrO2/c1-4-17-14(16)7-5-6-12-8-10(2)11(3)9-13(12)15/h5,7-9H,4,6H2,1-3H3/b7-5+. The summed E-state index contributed by atoms with van der Waals surface area (Å²) in [6, 6.07) is 4.23. The minimum absolute atomic E-state index is 0.285. The van der Waals surface area contributed by atoms with Gasteiger partial charge in [-0.05, 0) is 49.9 Å². The Hall–Kier alpha value is -1.09. The monoisotopic (exact) mass is 296 g/mol. The number of hydrogen-bond acceptors (Lipinski definition) is 2. The van der Waals surface area contributed by atoms with Crippen molar-refractivity contribution in [3.63, 3.8) is 0 Å². The second-order valence-corrected chi connectivity index (χ2v) is 4.74. The fraction of sp³-hybridized carbons (Fsp3) is 0.357. The van der Waals surface area contributed by atoms with Gasteiger partial charge in [0, 0.05) is 10.5 Å². The molecule has 17 heavy (non-hydrogen) atoms. The molecule has 0 spiro atoms. The molecule has 0 heterocycles. The highest BCUT2D eigenvalue weighted by Gasteiger charge is 2.02. The van der Waals surface area contributed by atoms with Crippen molar-refractivity contribution in [1.82, 2.24) is 0 Å². The number of aryl methyl sites for hydroxylation is 2. The summed E-state index contributed by atoms with van der Waals surface area (Å²) >= 11 is 3.53. The largest absolute Gasteiger partial charge is 0.463 e. The van der Waals surface area contributed by atoms with Crippen LogP contribution in [0.5, 0.6) is 0 Å². The van der Waals surface area contributed by atoms with Crippen LogP contribution >= 0.6 is 15.9 Å². The lowest BCUT2D eigenvalue weighted by atomic mass is 10.0. The summed E-state index contributed by atoms with van der Waals surface area (Å²) in [5.74, 6) is -0.285. The summed E-state index contributed by atoms with van der Waals surface area (Å²) in [5.41, 5.74) is 3.69. The van der Waals surface area contributed by atoms with Gasteiger partial charge in [0.1, 0.15) is 0 Å². The molecule has 1 rings (SSSR count).